The molecule has 1 aliphatic heterocycles. The molecule has 3 N–H and O–H groups in total. The lowest BCUT2D eigenvalue weighted by molar-refractivity contribution is -0.134. The predicted octanol–water partition coefficient (Wildman–Crippen LogP) is 2.54. The van der Waals surface area contributed by atoms with Crippen LogP contribution in [0.4, 0.5) is 5.82 Å². The zero-order chi connectivity index (χ0) is 16.8. The Bertz CT molecular complexity index is 544. The second-order valence-electron chi connectivity index (χ2n) is 6.38. The number of piperidine rings is 1. The van der Waals surface area contributed by atoms with Gasteiger partial charge in [-0.3, -0.25) is 9.59 Å². The first kappa shape index (κ1) is 23.6. The minimum atomic E-state index is -0.0596. The lowest BCUT2D eigenvalue weighted by atomic mass is 9.95. The number of amides is 2. The lowest BCUT2D eigenvalue weighted by Gasteiger charge is -2.31. The number of carbonyl (C=O) groups excluding carboxylic acids is 2. The number of likely N-dealkylation sites (tertiary alicyclic amines) is 1. The molecule has 142 valence electrons. The lowest BCUT2D eigenvalue weighted by Crippen LogP contribution is -2.41. The fourth-order valence-corrected chi connectivity index (χ4v) is 2.67. The number of carbonyl (C=O) groups is 2. The Morgan fingerprint density at radius 3 is 2.48 bits per heavy atom. The number of hydrogen-bond donors (Lipinski definition) is 2. The van der Waals surface area contributed by atoms with Crippen molar-refractivity contribution in [2.75, 3.05) is 18.4 Å². The third-order valence-corrected chi connectivity index (χ3v) is 4.19. The van der Waals surface area contributed by atoms with Crippen molar-refractivity contribution in [3.63, 3.8) is 0 Å². The summed E-state index contributed by atoms with van der Waals surface area (Å²) in [6.07, 6.45) is 4.32. The van der Waals surface area contributed by atoms with E-state index >= 15 is 0 Å². The molecule has 2 amide bonds. The molecule has 1 aromatic heterocycles. The van der Waals surface area contributed by atoms with Crippen LogP contribution >= 0.6 is 24.8 Å². The van der Waals surface area contributed by atoms with Gasteiger partial charge in [0, 0.05) is 37.7 Å². The smallest absolute Gasteiger partial charge is 0.228 e. The number of halogens is 2. The molecular formula is C17H28Cl2N4O2. The summed E-state index contributed by atoms with van der Waals surface area (Å²) in [5, 5.41) is 2.85. The van der Waals surface area contributed by atoms with Crippen LogP contribution in [-0.4, -0.2) is 40.8 Å². The average Bonchev–Trinajstić information content (AvgIpc) is 2.55. The van der Waals surface area contributed by atoms with E-state index in [0.29, 0.717) is 44.6 Å². The van der Waals surface area contributed by atoms with E-state index in [1.54, 1.807) is 12.3 Å². The van der Waals surface area contributed by atoms with E-state index in [9.17, 15) is 9.59 Å². The number of aryl methyl sites for hydroxylation is 1. The number of aromatic nitrogens is 1. The Labute approximate surface area is 161 Å². The van der Waals surface area contributed by atoms with Crippen molar-refractivity contribution in [2.24, 2.45) is 11.7 Å². The molecule has 2 heterocycles. The van der Waals surface area contributed by atoms with Crippen LogP contribution < -0.4 is 11.1 Å². The first-order valence-corrected chi connectivity index (χ1v) is 8.22. The van der Waals surface area contributed by atoms with Gasteiger partial charge in [0.25, 0.3) is 0 Å². The summed E-state index contributed by atoms with van der Waals surface area (Å²) in [4.78, 5) is 30.4. The van der Waals surface area contributed by atoms with E-state index in [2.05, 4.69) is 10.3 Å². The molecule has 0 spiro atoms. The minimum Gasteiger partial charge on any atom is -0.343 e. The zero-order valence-electron chi connectivity index (χ0n) is 14.7. The molecule has 1 unspecified atom stereocenters. The second kappa shape index (κ2) is 11.3. The van der Waals surface area contributed by atoms with Crippen molar-refractivity contribution >= 4 is 42.4 Å². The standard InChI is InChI=1S/C17H26N4O2.2ClH/c1-12-3-5-15(19-11-12)20-17(23)14-7-9-21(10-8-14)16(22)6-4-13(2)18;;/h3,5,11,13-14H,4,6-10,18H2,1-2H3,(H,19,20,23);2*1H. The Morgan fingerprint density at radius 1 is 1.32 bits per heavy atom. The van der Waals surface area contributed by atoms with Gasteiger partial charge in [-0.25, -0.2) is 4.98 Å². The highest BCUT2D eigenvalue weighted by molar-refractivity contribution is 5.91. The summed E-state index contributed by atoms with van der Waals surface area (Å²) < 4.78 is 0. The number of hydrogen-bond acceptors (Lipinski definition) is 4. The fourth-order valence-electron chi connectivity index (χ4n) is 2.67. The number of anilines is 1. The van der Waals surface area contributed by atoms with Crippen LogP contribution in [0.15, 0.2) is 18.3 Å². The fraction of sp³-hybridized carbons (Fsp3) is 0.588. The summed E-state index contributed by atoms with van der Waals surface area (Å²) in [7, 11) is 0. The molecule has 0 bridgehead atoms. The second-order valence-corrected chi connectivity index (χ2v) is 6.38. The molecule has 1 aliphatic rings. The van der Waals surface area contributed by atoms with E-state index in [1.165, 1.54) is 0 Å². The highest BCUT2D eigenvalue weighted by Crippen LogP contribution is 2.20. The van der Waals surface area contributed by atoms with Gasteiger partial charge in [0.15, 0.2) is 0 Å². The number of nitrogens with zero attached hydrogens (tertiary/aromatic N) is 2. The number of rotatable bonds is 5. The Balaban J connectivity index is 0.00000288. The molecule has 0 aromatic carbocycles. The van der Waals surface area contributed by atoms with Gasteiger partial charge in [-0.05, 0) is 44.7 Å². The van der Waals surface area contributed by atoms with Crippen molar-refractivity contribution in [1.82, 2.24) is 9.88 Å². The van der Waals surface area contributed by atoms with E-state index in [1.807, 2.05) is 24.8 Å². The Kier molecular flexibility index (Phi) is 10.7. The van der Waals surface area contributed by atoms with Gasteiger partial charge in [0.1, 0.15) is 5.82 Å². The van der Waals surface area contributed by atoms with Gasteiger partial charge in [-0.15, -0.1) is 24.8 Å². The van der Waals surface area contributed by atoms with Gasteiger partial charge in [0.2, 0.25) is 11.8 Å². The van der Waals surface area contributed by atoms with Crippen molar-refractivity contribution in [1.29, 1.82) is 0 Å². The van der Waals surface area contributed by atoms with Crippen LogP contribution in [0.1, 0.15) is 38.2 Å². The summed E-state index contributed by atoms with van der Waals surface area (Å²) in [6.45, 7) is 5.13. The van der Waals surface area contributed by atoms with Crippen LogP contribution in [0.3, 0.4) is 0 Å². The molecule has 1 aromatic rings. The first-order valence-electron chi connectivity index (χ1n) is 8.22. The topological polar surface area (TPSA) is 88.3 Å². The van der Waals surface area contributed by atoms with Gasteiger partial charge in [-0.1, -0.05) is 6.07 Å². The van der Waals surface area contributed by atoms with Crippen molar-refractivity contribution in [3.8, 4) is 0 Å². The van der Waals surface area contributed by atoms with Crippen LogP contribution in [0.5, 0.6) is 0 Å². The van der Waals surface area contributed by atoms with Gasteiger partial charge in [0.05, 0.1) is 0 Å². The van der Waals surface area contributed by atoms with E-state index in [-0.39, 0.29) is 48.6 Å². The Hall–Kier alpha value is -1.37. The maximum atomic E-state index is 12.3. The zero-order valence-corrected chi connectivity index (χ0v) is 16.4. The average molecular weight is 391 g/mol. The Morgan fingerprint density at radius 2 is 1.96 bits per heavy atom. The highest BCUT2D eigenvalue weighted by atomic mass is 35.5. The van der Waals surface area contributed by atoms with Crippen LogP contribution in [0.2, 0.25) is 0 Å². The molecule has 0 aliphatic carbocycles. The minimum absolute atomic E-state index is 0. The van der Waals surface area contributed by atoms with Crippen molar-refractivity contribution < 1.29 is 9.59 Å². The SMILES string of the molecule is Cc1ccc(NC(=O)C2CCN(C(=O)CCC(C)N)CC2)nc1.Cl.Cl. The molecule has 1 saturated heterocycles. The summed E-state index contributed by atoms with van der Waals surface area (Å²) in [5.41, 5.74) is 6.74. The summed E-state index contributed by atoms with van der Waals surface area (Å²) >= 11 is 0. The molecule has 0 saturated carbocycles. The third kappa shape index (κ3) is 7.59. The number of nitrogens with one attached hydrogen (secondary N) is 1. The van der Waals surface area contributed by atoms with E-state index in [0.717, 1.165) is 5.56 Å². The quantitative estimate of drug-likeness (QED) is 0.808. The van der Waals surface area contributed by atoms with Gasteiger partial charge >= 0.3 is 0 Å². The maximum Gasteiger partial charge on any atom is 0.228 e. The molecule has 0 radical (unpaired) electrons. The number of nitrogens with two attached hydrogens (primary N) is 1. The molecule has 2 rings (SSSR count). The molecule has 8 heteroatoms. The van der Waals surface area contributed by atoms with E-state index < -0.39 is 0 Å². The molecule has 6 nitrogen and oxygen atoms in total. The highest BCUT2D eigenvalue weighted by Gasteiger charge is 2.27. The summed E-state index contributed by atoms with van der Waals surface area (Å²) in [5.74, 6) is 0.650. The monoisotopic (exact) mass is 390 g/mol. The van der Waals surface area contributed by atoms with Gasteiger partial charge in [-0.2, -0.15) is 0 Å². The molecule has 25 heavy (non-hydrogen) atoms. The van der Waals surface area contributed by atoms with Gasteiger partial charge < -0.3 is 16.0 Å². The van der Waals surface area contributed by atoms with Crippen LogP contribution in [-0.2, 0) is 9.59 Å². The summed E-state index contributed by atoms with van der Waals surface area (Å²) in [6, 6.07) is 3.77. The normalized spacial score (nSPS) is 15.6. The third-order valence-electron chi connectivity index (χ3n) is 4.19. The maximum absolute atomic E-state index is 12.3. The molecule has 1 atom stereocenters. The molecule has 1 fully saturated rings. The van der Waals surface area contributed by atoms with Crippen molar-refractivity contribution in [3.05, 3.63) is 23.9 Å². The predicted molar refractivity (Wildman–Crippen MR) is 104 cm³/mol. The number of pyridine rings is 1. The van der Waals surface area contributed by atoms with Crippen LogP contribution in [0, 0.1) is 12.8 Å². The van der Waals surface area contributed by atoms with Crippen molar-refractivity contribution in [2.45, 2.75) is 45.6 Å². The largest absolute Gasteiger partial charge is 0.343 e. The molecular weight excluding hydrogens is 363 g/mol. The van der Waals surface area contributed by atoms with Crippen LogP contribution in [0.25, 0.3) is 0 Å². The first-order chi connectivity index (χ1) is 11.0. The van der Waals surface area contributed by atoms with E-state index in [4.69, 9.17) is 5.73 Å².